The molecule has 1 rings (SSSR count). The number of nitrogens with zero attached hydrogens (tertiary/aromatic N) is 2. The fraction of sp³-hybridized carbons (Fsp3) is 0.400. The van der Waals surface area contributed by atoms with Gasteiger partial charge in [0, 0.05) is 0 Å². The van der Waals surface area contributed by atoms with Gasteiger partial charge in [0.15, 0.2) is 17.5 Å². The summed E-state index contributed by atoms with van der Waals surface area (Å²) < 4.78 is 23.6. The maximum atomic E-state index is 13.9. The Kier molecular flexibility index (Phi) is 5.26. The molecule has 1 aromatic carbocycles. The van der Waals surface area contributed by atoms with E-state index in [1.807, 2.05) is 0 Å². The summed E-state index contributed by atoms with van der Waals surface area (Å²) in [7, 11) is 1.32. The van der Waals surface area contributed by atoms with Crippen molar-refractivity contribution < 1.29 is 18.7 Å². The van der Waals surface area contributed by atoms with Gasteiger partial charge in [0.2, 0.25) is 0 Å². The molecule has 1 atom stereocenters. The Morgan fingerprint density at radius 2 is 2.05 bits per heavy atom. The van der Waals surface area contributed by atoms with E-state index >= 15 is 0 Å². The summed E-state index contributed by atoms with van der Waals surface area (Å²) in [6.45, 7) is 3.10. The van der Waals surface area contributed by atoms with Crippen molar-refractivity contribution in [2.24, 2.45) is 5.92 Å². The van der Waals surface area contributed by atoms with Gasteiger partial charge in [-0.15, -0.1) is 0 Å². The summed E-state index contributed by atoms with van der Waals surface area (Å²) in [4.78, 5) is 12.2. The summed E-state index contributed by atoms with van der Waals surface area (Å²) in [5, 5.41) is 18.2. The summed E-state index contributed by atoms with van der Waals surface area (Å²) in [5.41, 5.74) is -1.39. The number of benzene rings is 1. The Morgan fingerprint density at radius 1 is 1.43 bits per heavy atom. The van der Waals surface area contributed by atoms with Gasteiger partial charge < -0.3 is 9.47 Å². The van der Waals surface area contributed by atoms with Gasteiger partial charge >= 0.3 is 5.97 Å². The highest BCUT2D eigenvalue weighted by Gasteiger charge is 2.45. The Balaban J connectivity index is 3.45. The average Bonchev–Trinajstić information content (AvgIpc) is 2.48. The first-order valence-corrected chi connectivity index (χ1v) is 6.26. The zero-order chi connectivity index (χ0) is 16.0. The molecule has 5 nitrogen and oxygen atoms in total. The van der Waals surface area contributed by atoms with Crippen molar-refractivity contribution in [2.75, 3.05) is 13.7 Å². The predicted molar refractivity (Wildman–Crippen MR) is 71.7 cm³/mol. The Labute approximate surface area is 122 Å². The number of rotatable bonds is 5. The molecule has 1 aromatic rings. The van der Waals surface area contributed by atoms with Gasteiger partial charge in [-0.3, -0.25) is 4.79 Å². The third kappa shape index (κ3) is 2.95. The number of ether oxygens (including phenoxy) is 2. The predicted octanol–water partition coefficient (Wildman–Crippen LogP) is 2.32. The van der Waals surface area contributed by atoms with E-state index in [9.17, 15) is 9.18 Å². The van der Waals surface area contributed by atoms with E-state index in [2.05, 4.69) is 0 Å². The molecule has 0 saturated heterocycles. The fourth-order valence-electron chi connectivity index (χ4n) is 1.96. The number of methoxy groups -OCH3 is 1. The number of hydrogen-bond acceptors (Lipinski definition) is 5. The smallest absolute Gasteiger partial charge is 0.318 e. The molecule has 6 heteroatoms. The van der Waals surface area contributed by atoms with E-state index in [4.69, 9.17) is 20.0 Å². The van der Waals surface area contributed by atoms with E-state index in [1.54, 1.807) is 19.1 Å². The van der Waals surface area contributed by atoms with Gasteiger partial charge in [0.1, 0.15) is 5.41 Å². The van der Waals surface area contributed by atoms with E-state index in [0.29, 0.717) is 0 Å². The van der Waals surface area contributed by atoms with Crippen LogP contribution in [0.3, 0.4) is 0 Å². The molecule has 0 spiro atoms. The zero-order valence-electron chi connectivity index (χ0n) is 12.0. The minimum atomic E-state index is -1.58. The highest BCUT2D eigenvalue weighted by molar-refractivity contribution is 5.84. The molecule has 0 aliphatic carbocycles. The Morgan fingerprint density at radius 3 is 2.48 bits per heavy atom. The monoisotopic (exact) mass is 290 g/mol. The summed E-state index contributed by atoms with van der Waals surface area (Å²) >= 11 is 0. The largest absolute Gasteiger partial charge is 0.494 e. The fourth-order valence-corrected chi connectivity index (χ4v) is 1.96. The molecule has 0 fully saturated rings. The van der Waals surface area contributed by atoms with Crippen LogP contribution in [0.1, 0.15) is 19.4 Å². The normalized spacial score (nSPS) is 12.9. The van der Waals surface area contributed by atoms with Crippen LogP contribution in [-0.4, -0.2) is 19.7 Å². The highest BCUT2D eigenvalue weighted by Crippen LogP contribution is 2.35. The lowest BCUT2D eigenvalue weighted by Crippen LogP contribution is -2.40. The third-order valence-corrected chi connectivity index (χ3v) is 3.29. The van der Waals surface area contributed by atoms with Crippen LogP contribution in [0.5, 0.6) is 5.75 Å². The average molecular weight is 290 g/mol. The molecular weight excluding hydrogens is 275 g/mol. The van der Waals surface area contributed by atoms with Crippen molar-refractivity contribution >= 4 is 5.97 Å². The standard InChI is InChI=1S/C15H15FN2O3/c1-4-21-14(19)15(2,11(8-17)9-18)10-5-6-13(20-3)12(16)7-10/h5-7,11H,4H2,1-3H3/t15-/m1/s1. The van der Waals surface area contributed by atoms with Crippen LogP contribution in [0, 0.1) is 34.4 Å². The molecule has 0 aromatic heterocycles. The molecule has 0 aliphatic rings. The first-order chi connectivity index (χ1) is 9.95. The van der Waals surface area contributed by atoms with Gasteiger partial charge in [-0.25, -0.2) is 4.39 Å². The first kappa shape index (κ1) is 16.5. The second-order valence-corrected chi connectivity index (χ2v) is 4.46. The lowest BCUT2D eigenvalue weighted by molar-refractivity contribution is -0.150. The number of nitriles is 2. The number of carbonyl (C=O) groups is 1. The zero-order valence-corrected chi connectivity index (χ0v) is 12.0. The van der Waals surface area contributed by atoms with Crippen molar-refractivity contribution in [3.63, 3.8) is 0 Å². The van der Waals surface area contributed by atoms with Gasteiger partial charge in [-0.2, -0.15) is 10.5 Å². The Hall–Kier alpha value is -2.60. The summed E-state index contributed by atoms with van der Waals surface area (Å²) in [6.07, 6.45) is 0. The van der Waals surface area contributed by atoms with Crippen molar-refractivity contribution in [1.29, 1.82) is 10.5 Å². The second-order valence-electron chi connectivity index (χ2n) is 4.46. The third-order valence-electron chi connectivity index (χ3n) is 3.29. The van der Waals surface area contributed by atoms with Crippen LogP contribution in [0.25, 0.3) is 0 Å². The number of esters is 1. The van der Waals surface area contributed by atoms with E-state index in [-0.39, 0.29) is 17.9 Å². The molecule has 110 valence electrons. The molecule has 0 N–H and O–H groups in total. The van der Waals surface area contributed by atoms with Crippen molar-refractivity contribution in [1.82, 2.24) is 0 Å². The molecule has 0 radical (unpaired) electrons. The Bertz CT molecular complexity index is 604. The van der Waals surface area contributed by atoms with Gasteiger partial charge in [0.25, 0.3) is 0 Å². The maximum Gasteiger partial charge on any atom is 0.318 e. The van der Waals surface area contributed by atoms with Crippen LogP contribution in [0.2, 0.25) is 0 Å². The quantitative estimate of drug-likeness (QED) is 0.777. The summed E-state index contributed by atoms with van der Waals surface area (Å²) in [6, 6.07) is 7.39. The molecule has 21 heavy (non-hydrogen) atoms. The van der Waals surface area contributed by atoms with E-state index < -0.39 is 23.1 Å². The van der Waals surface area contributed by atoms with Crippen LogP contribution in [0.4, 0.5) is 4.39 Å². The second kappa shape index (κ2) is 6.71. The molecule has 0 unspecified atom stereocenters. The molecule has 0 bridgehead atoms. The topological polar surface area (TPSA) is 83.1 Å². The van der Waals surface area contributed by atoms with Crippen molar-refractivity contribution in [2.45, 2.75) is 19.3 Å². The molecule has 0 saturated carbocycles. The number of carbonyl (C=O) groups excluding carboxylic acids is 1. The van der Waals surface area contributed by atoms with Crippen LogP contribution in [0.15, 0.2) is 18.2 Å². The van der Waals surface area contributed by atoms with E-state index in [1.165, 1.54) is 26.2 Å². The molecular formula is C15H15FN2O3. The minimum Gasteiger partial charge on any atom is -0.494 e. The number of halogens is 1. The van der Waals surface area contributed by atoms with Crippen molar-refractivity contribution in [3.05, 3.63) is 29.6 Å². The van der Waals surface area contributed by atoms with E-state index in [0.717, 1.165) is 6.07 Å². The maximum absolute atomic E-state index is 13.9. The lowest BCUT2D eigenvalue weighted by Gasteiger charge is -2.28. The first-order valence-electron chi connectivity index (χ1n) is 6.26. The highest BCUT2D eigenvalue weighted by atomic mass is 19.1. The number of hydrogen-bond donors (Lipinski definition) is 0. The summed E-state index contributed by atoms with van der Waals surface area (Å²) in [5.74, 6) is -2.72. The SMILES string of the molecule is CCOC(=O)[C@](C)(c1ccc(OC)c(F)c1)C(C#N)C#N. The van der Waals surface area contributed by atoms with Crippen LogP contribution in [-0.2, 0) is 14.9 Å². The van der Waals surface area contributed by atoms with Gasteiger partial charge in [-0.1, -0.05) is 6.07 Å². The molecule has 0 aliphatic heterocycles. The minimum absolute atomic E-state index is 0.00965. The van der Waals surface area contributed by atoms with Crippen LogP contribution >= 0.6 is 0 Å². The molecule has 0 heterocycles. The van der Waals surface area contributed by atoms with Crippen LogP contribution < -0.4 is 4.74 Å². The van der Waals surface area contributed by atoms with Gasteiger partial charge in [-0.05, 0) is 31.5 Å². The molecule has 0 amide bonds. The lowest BCUT2D eigenvalue weighted by atomic mass is 9.72. The van der Waals surface area contributed by atoms with Crippen molar-refractivity contribution in [3.8, 4) is 17.9 Å². The van der Waals surface area contributed by atoms with Gasteiger partial charge in [0.05, 0.1) is 25.9 Å².